The minimum Gasteiger partial charge on any atom is -0.459 e. The average Bonchev–Trinajstić information content (AvgIpc) is 2.95. The molecule has 2 aromatic rings. The fraction of sp³-hybridized carbons (Fsp3) is 0.300. The number of carbonyl (C=O) groups is 2. The van der Waals surface area contributed by atoms with E-state index in [-0.39, 0.29) is 6.61 Å². The van der Waals surface area contributed by atoms with Gasteiger partial charge < -0.3 is 14.2 Å². The van der Waals surface area contributed by atoms with Gasteiger partial charge >= 0.3 is 11.9 Å². The summed E-state index contributed by atoms with van der Waals surface area (Å²) in [5, 5.41) is 0. The molecule has 1 aliphatic rings. The van der Waals surface area contributed by atoms with Gasteiger partial charge in [-0.25, -0.2) is 14.0 Å². The molecular weight excluding hydrogens is 339 g/mol. The molecule has 2 aromatic carbocycles. The van der Waals surface area contributed by atoms with Crippen molar-refractivity contribution in [1.29, 1.82) is 0 Å². The first kappa shape index (κ1) is 18.1. The van der Waals surface area contributed by atoms with Crippen molar-refractivity contribution < 1.29 is 28.2 Å². The van der Waals surface area contributed by atoms with Crippen LogP contribution in [0.25, 0.3) is 0 Å². The molecule has 0 amide bonds. The largest absolute Gasteiger partial charge is 0.459 e. The minimum atomic E-state index is -1.50. The molecule has 0 aromatic heterocycles. The summed E-state index contributed by atoms with van der Waals surface area (Å²) in [5.41, 5.74) is 0.701. The Balaban J connectivity index is 1.63. The smallest absolute Gasteiger partial charge is 0.338 e. The van der Waals surface area contributed by atoms with E-state index in [1.54, 1.807) is 67.6 Å². The second-order valence-electron chi connectivity index (χ2n) is 6.02. The van der Waals surface area contributed by atoms with Gasteiger partial charge in [-0.1, -0.05) is 36.4 Å². The quantitative estimate of drug-likeness (QED) is 0.768. The van der Waals surface area contributed by atoms with Crippen LogP contribution in [0, 0.1) is 0 Å². The molecule has 1 heterocycles. The summed E-state index contributed by atoms with van der Waals surface area (Å²) in [6, 6.07) is 16.8. The summed E-state index contributed by atoms with van der Waals surface area (Å²) in [6.45, 7) is 1.35. The van der Waals surface area contributed by atoms with Crippen LogP contribution in [-0.2, 0) is 14.2 Å². The van der Waals surface area contributed by atoms with Crippen LogP contribution in [0.4, 0.5) is 4.39 Å². The van der Waals surface area contributed by atoms with Crippen LogP contribution >= 0.6 is 0 Å². The van der Waals surface area contributed by atoms with Crippen LogP contribution < -0.4 is 0 Å². The fourth-order valence-electron chi connectivity index (χ4n) is 2.76. The SMILES string of the molecule is CC1O[C@H](COC(=O)c2ccccc2)[C@H](OC(=O)c2ccccc2)[C@H]1F. The van der Waals surface area contributed by atoms with Gasteiger partial charge in [-0.2, -0.15) is 0 Å². The number of benzene rings is 2. The maximum atomic E-state index is 14.4. The topological polar surface area (TPSA) is 61.8 Å². The van der Waals surface area contributed by atoms with Crippen LogP contribution in [0.3, 0.4) is 0 Å². The molecule has 0 spiro atoms. The van der Waals surface area contributed by atoms with Crippen molar-refractivity contribution in [3.8, 4) is 0 Å². The molecule has 1 aliphatic heterocycles. The molecule has 0 radical (unpaired) electrons. The Morgan fingerprint density at radius 2 is 1.50 bits per heavy atom. The van der Waals surface area contributed by atoms with E-state index in [1.807, 2.05) is 0 Å². The van der Waals surface area contributed by atoms with Crippen molar-refractivity contribution in [2.24, 2.45) is 0 Å². The van der Waals surface area contributed by atoms with E-state index in [0.29, 0.717) is 11.1 Å². The van der Waals surface area contributed by atoms with Crippen LogP contribution in [0.5, 0.6) is 0 Å². The molecule has 0 saturated carbocycles. The number of hydrogen-bond acceptors (Lipinski definition) is 5. The lowest BCUT2D eigenvalue weighted by Crippen LogP contribution is -2.37. The Bertz CT molecular complexity index is 749. The highest BCUT2D eigenvalue weighted by molar-refractivity contribution is 5.90. The van der Waals surface area contributed by atoms with Gasteiger partial charge in [0.05, 0.1) is 17.2 Å². The Morgan fingerprint density at radius 3 is 2.08 bits per heavy atom. The van der Waals surface area contributed by atoms with Crippen LogP contribution in [0.15, 0.2) is 60.7 Å². The van der Waals surface area contributed by atoms with Gasteiger partial charge in [-0.05, 0) is 31.2 Å². The maximum Gasteiger partial charge on any atom is 0.338 e. The van der Waals surface area contributed by atoms with Crippen molar-refractivity contribution in [1.82, 2.24) is 0 Å². The second kappa shape index (κ2) is 8.10. The van der Waals surface area contributed by atoms with E-state index >= 15 is 0 Å². The summed E-state index contributed by atoms with van der Waals surface area (Å²) in [7, 11) is 0. The Morgan fingerprint density at radius 1 is 0.962 bits per heavy atom. The zero-order chi connectivity index (χ0) is 18.5. The van der Waals surface area contributed by atoms with Crippen molar-refractivity contribution >= 4 is 11.9 Å². The summed E-state index contributed by atoms with van der Waals surface area (Å²) >= 11 is 0. The zero-order valence-corrected chi connectivity index (χ0v) is 14.2. The average molecular weight is 358 g/mol. The van der Waals surface area contributed by atoms with E-state index < -0.39 is 36.4 Å². The van der Waals surface area contributed by atoms with Crippen molar-refractivity contribution in [3.63, 3.8) is 0 Å². The van der Waals surface area contributed by atoms with Gasteiger partial charge in [0.25, 0.3) is 0 Å². The van der Waals surface area contributed by atoms with Gasteiger partial charge in [-0.3, -0.25) is 0 Å². The first-order valence-electron chi connectivity index (χ1n) is 8.34. The van der Waals surface area contributed by atoms with Gasteiger partial charge in [0.2, 0.25) is 0 Å². The molecule has 1 unspecified atom stereocenters. The highest BCUT2D eigenvalue weighted by Gasteiger charge is 2.46. The molecule has 1 saturated heterocycles. The molecule has 0 bridgehead atoms. The summed E-state index contributed by atoms with van der Waals surface area (Å²) in [5.74, 6) is -1.19. The predicted octanol–water partition coefficient (Wildman–Crippen LogP) is 3.19. The third-order valence-electron chi connectivity index (χ3n) is 4.16. The number of esters is 2. The van der Waals surface area contributed by atoms with Crippen LogP contribution in [-0.4, -0.2) is 43.0 Å². The van der Waals surface area contributed by atoms with Crippen molar-refractivity contribution in [2.75, 3.05) is 6.61 Å². The Kier molecular flexibility index (Phi) is 5.63. The zero-order valence-electron chi connectivity index (χ0n) is 14.2. The molecule has 26 heavy (non-hydrogen) atoms. The van der Waals surface area contributed by atoms with Gasteiger partial charge in [-0.15, -0.1) is 0 Å². The van der Waals surface area contributed by atoms with Gasteiger partial charge in [0, 0.05) is 0 Å². The normalized spacial score (nSPS) is 24.8. The second-order valence-corrected chi connectivity index (χ2v) is 6.02. The molecule has 1 fully saturated rings. The number of ether oxygens (including phenoxy) is 3. The van der Waals surface area contributed by atoms with Gasteiger partial charge in [0.1, 0.15) is 12.7 Å². The molecule has 136 valence electrons. The third kappa shape index (κ3) is 4.08. The highest BCUT2D eigenvalue weighted by atomic mass is 19.1. The number of carbonyl (C=O) groups excluding carboxylic acids is 2. The summed E-state index contributed by atoms with van der Waals surface area (Å²) in [4.78, 5) is 24.2. The predicted molar refractivity (Wildman–Crippen MR) is 91.6 cm³/mol. The third-order valence-corrected chi connectivity index (χ3v) is 4.16. The lowest BCUT2D eigenvalue weighted by molar-refractivity contribution is -0.0403. The monoisotopic (exact) mass is 358 g/mol. The van der Waals surface area contributed by atoms with Crippen LogP contribution in [0.1, 0.15) is 27.6 Å². The molecule has 3 rings (SSSR count). The summed E-state index contributed by atoms with van der Waals surface area (Å²) in [6.07, 6.45) is -4.26. The Hall–Kier alpha value is -2.73. The van der Waals surface area contributed by atoms with E-state index in [0.717, 1.165) is 0 Å². The van der Waals surface area contributed by atoms with E-state index in [1.165, 1.54) is 0 Å². The molecule has 0 aliphatic carbocycles. The standard InChI is InChI=1S/C20H19FO5/c1-13-17(21)18(26-20(23)15-10-6-3-7-11-15)16(25-13)12-24-19(22)14-8-4-2-5-9-14/h2-11,13,16-18H,12H2,1H3/t13?,16-,17+,18+/m1/s1. The Labute approximate surface area is 150 Å². The van der Waals surface area contributed by atoms with Crippen molar-refractivity contribution in [3.05, 3.63) is 71.8 Å². The molecule has 6 heteroatoms. The molecule has 0 N–H and O–H groups in total. The van der Waals surface area contributed by atoms with E-state index in [2.05, 4.69) is 0 Å². The number of alkyl halides is 1. The van der Waals surface area contributed by atoms with Gasteiger partial charge in [0.15, 0.2) is 12.3 Å². The molecule has 4 atom stereocenters. The first-order valence-corrected chi connectivity index (χ1v) is 8.34. The van der Waals surface area contributed by atoms with Crippen LogP contribution in [0.2, 0.25) is 0 Å². The lowest BCUT2D eigenvalue weighted by atomic mass is 10.1. The molecule has 5 nitrogen and oxygen atoms in total. The minimum absolute atomic E-state index is 0.203. The number of halogens is 1. The van der Waals surface area contributed by atoms with E-state index in [4.69, 9.17) is 14.2 Å². The fourth-order valence-corrected chi connectivity index (χ4v) is 2.76. The number of hydrogen-bond donors (Lipinski definition) is 0. The summed E-state index contributed by atoms with van der Waals surface area (Å²) < 4.78 is 30.4. The lowest BCUT2D eigenvalue weighted by Gasteiger charge is -2.20. The number of rotatable bonds is 5. The molecular formula is C20H19FO5. The maximum absolute atomic E-state index is 14.4. The van der Waals surface area contributed by atoms with E-state index in [9.17, 15) is 14.0 Å². The van der Waals surface area contributed by atoms with Crippen molar-refractivity contribution in [2.45, 2.75) is 31.4 Å². The highest BCUT2D eigenvalue weighted by Crippen LogP contribution is 2.27. The first-order chi connectivity index (χ1) is 12.6.